The van der Waals surface area contributed by atoms with Crippen LogP contribution in [0.25, 0.3) is 10.9 Å². The zero-order valence-corrected chi connectivity index (χ0v) is 19.0. The molecule has 2 aromatic carbocycles. The van der Waals surface area contributed by atoms with E-state index in [1.54, 1.807) is 12.1 Å². The van der Waals surface area contributed by atoms with Gasteiger partial charge in [0.05, 0.1) is 0 Å². The molecular weight excluding hydrogens is 376 g/mol. The van der Waals surface area contributed by atoms with E-state index in [0.717, 1.165) is 46.9 Å². The molecule has 1 unspecified atom stereocenters. The topological polar surface area (TPSA) is 15.8 Å². The molecule has 1 nitrogen and oxygen atoms in total. The zero-order valence-electron chi connectivity index (χ0n) is 19.0. The lowest BCUT2D eigenvalue weighted by atomic mass is 9.88. The van der Waals surface area contributed by atoms with Crippen LogP contribution in [-0.4, -0.2) is 4.98 Å². The second-order valence-corrected chi connectivity index (χ2v) is 9.13. The Morgan fingerprint density at radius 1 is 0.800 bits per heavy atom. The maximum Gasteiger partial charge on any atom is 0.128 e. The van der Waals surface area contributed by atoms with Crippen LogP contribution in [0.3, 0.4) is 0 Å². The normalized spacial score (nSPS) is 14.8. The van der Waals surface area contributed by atoms with Crippen molar-refractivity contribution in [1.82, 2.24) is 4.98 Å². The van der Waals surface area contributed by atoms with E-state index in [-0.39, 0.29) is 23.5 Å². The molecule has 0 saturated heterocycles. The minimum absolute atomic E-state index is 0.0845. The number of halogens is 2. The highest BCUT2D eigenvalue weighted by atomic mass is 19.1. The molecule has 1 aromatic heterocycles. The number of aromatic nitrogens is 1. The highest BCUT2D eigenvalue weighted by Crippen LogP contribution is 2.33. The number of unbranched alkanes of at least 4 members (excludes halogenated alkanes) is 1. The first kappa shape index (κ1) is 22.5. The fourth-order valence-corrected chi connectivity index (χ4v) is 4.35. The number of nitrogens with one attached hydrogen (secondary N) is 1. The number of fused-ring (bicyclic) bond motifs is 1. The second-order valence-electron chi connectivity index (χ2n) is 9.13. The molecular formula is C27H35F2N. The van der Waals surface area contributed by atoms with Gasteiger partial charge in [0.1, 0.15) is 11.6 Å². The fraction of sp³-hybridized carbons (Fsp3) is 0.481. The molecule has 0 spiro atoms. The van der Waals surface area contributed by atoms with Crippen molar-refractivity contribution in [1.29, 1.82) is 0 Å². The monoisotopic (exact) mass is 411 g/mol. The van der Waals surface area contributed by atoms with Crippen LogP contribution in [0.2, 0.25) is 0 Å². The van der Waals surface area contributed by atoms with Gasteiger partial charge in [-0.05, 0) is 84.9 Å². The summed E-state index contributed by atoms with van der Waals surface area (Å²) in [7, 11) is 0. The van der Waals surface area contributed by atoms with E-state index in [4.69, 9.17) is 0 Å². The van der Waals surface area contributed by atoms with Crippen LogP contribution < -0.4 is 0 Å². The van der Waals surface area contributed by atoms with Gasteiger partial charge in [-0.1, -0.05) is 52.7 Å². The van der Waals surface area contributed by atoms with Crippen LogP contribution >= 0.6 is 0 Å². The zero-order chi connectivity index (χ0) is 21.8. The van der Waals surface area contributed by atoms with Crippen molar-refractivity contribution in [3.8, 4) is 0 Å². The van der Waals surface area contributed by atoms with Gasteiger partial charge in [0.15, 0.2) is 0 Å². The van der Waals surface area contributed by atoms with E-state index in [2.05, 4.69) is 38.7 Å². The first-order valence-corrected chi connectivity index (χ1v) is 11.4. The molecule has 1 N–H and O–H groups in total. The minimum Gasteiger partial charge on any atom is -0.358 e. The lowest BCUT2D eigenvalue weighted by Gasteiger charge is -2.18. The Kier molecular flexibility index (Phi) is 7.33. The molecule has 3 rings (SSSR count). The van der Waals surface area contributed by atoms with Gasteiger partial charge in [0.2, 0.25) is 0 Å². The molecule has 162 valence electrons. The van der Waals surface area contributed by atoms with Crippen LogP contribution in [0.1, 0.15) is 99.9 Å². The summed E-state index contributed by atoms with van der Waals surface area (Å²) in [5.41, 5.74) is 4.50. The molecule has 0 fully saturated rings. The first-order valence-electron chi connectivity index (χ1n) is 11.4. The summed E-state index contributed by atoms with van der Waals surface area (Å²) in [6.07, 6.45) is 5.17. The predicted octanol–water partition coefficient (Wildman–Crippen LogP) is 8.74. The largest absolute Gasteiger partial charge is 0.358 e. The van der Waals surface area contributed by atoms with E-state index in [1.807, 2.05) is 25.1 Å². The third-order valence-corrected chi connectivity index (χ3v) is 6.53. The number of H-pyrrole nitrogens is 1. The Balaban J connectivity index is 1.72. The molecule has 3 aromatic rings. The van der Waals surface area contributed by atoms with E-state index >= 15 is 0 Å². The Bertz CT molecular complexity index is 988. The van der Waals surface area contributed by atoms with Gasteiger partial charge >= 0.3 is 0 Å². The summed E-state index contributed by atoms with van der Waals surface area (Å²) < 4.78 is 29.1. The molecule has 0 aliphatic rings. The van der Waals surface area contributed by atoms with Crippen molar-refractivity contribution >= 4 is 10.9 Å². The number of hydrogen-bond donors (Lipinski definition) is 1. The summed E-state index contributed by atoms with van der Waals surface area (Å²) >= 11 is 0. The van der Waals surface area contributed by atoms with Crippen molar-refractivity contribution in [2.45, 2.75) is 84.5 Å². The minimum atomic E-state index is -0.154. The predicted molar refractivity (Wildman–Crippen MR) is 123 cm³/mol. The average molecular weight is 412 g/mol. The summed E-state index contributed by atoms with van der Waals surface area (Å²) in [6, 6.07) is 11.2. The SMILES string of the molecule is CCCC[C@H](C)c1cc2cc(C(C)CC[C@@H](C)c3ccc(C)cc3F)c(F)cc2[nH]1. The molecule has 0 saturated carbocycles. The highest BCUT2D eigenvalue weighted by Gasteiger charge is 2.18. The fourth-order valence-electron chi connectivity index (χ4n) is 4.35. The van der Waals surface area contributed by atoms with Crippen molar-refractivity contribution in [3.05, 3.63) is 70.4 Å². The third kappa shape index (κ3) is 5.11. The second kappa shape index (κ2) is 9.76. The van der Waals surface area contributed by atoms with E-state index in [9.17, 15) is 8.78 Å². The van der Waals surface area contributed by atoms with Gasteiger partial charge < -0.3 is 4.98 Å². The van der Waals surface area contributed by atoms with Gasteiger partial charge in [0.25, 0.3) is 0 Å². The number of hydrogen-bond acceptors (Lipinski definition) is 0. The lowest BCUT2D eigenvalue weighted by Crippen LogP contribution is -2.03. The van der Waals surface area contributed by atoms with E-state index < -0.39 is 0 Å². The summed E-state index contributed by atoms with van der Waals surface area (Å²) in [5, 5.41) is 1.08. The van der Waals surface area contributed by atoms with Crippen molar-refractivity contribution < 1.29 is 8.78 Å². The molecule has 0 bridgehead atoms. The van der Waals surface area contributed by atoms with Crippen LogP contribution in [0.5, 0.6) is 0 Å². The third-order valence-electron chi connectivity index (χ3n) is 6.53. The maximum atomic E-state index is 14.9. The van der Waals surface area contributed by atoms with Crippen molar-refractivity contribution in [2.75, 3.05) is 0 Å². The molecule has 3 heteroatoms. The molecule has 3 atom stereocenters. The Labute approximate surface area is 179 Å². The number of aryl methyl sites for hydroxylation is 1. The maximum absolute atomic E-state index is 14.9. The quantitative estimate of drug-likeness (QED) is 0.362. The number of aromatic amines is 1. The van der Waals surface area contributed by atoms with Crippen LogP contribution in [0.4, 0.5) is 8.78 Å². The molecule has 0 aliphatic heterocycles. The smallest absolute Gasteiger partial charge is 0.128 e. The molecule has 0 amide bonds. The standard InChI is InChI=1S/C27H35F2N/c1-6-7-8-20(5)26-15-21-14-23(25(29)16-27(21)30-26)19(4)11-10-18(3)22-12-9-17(2)13-24(22)28/h9,12-16,18-20,30H,6-8,10-11H2,1-5H3/t18-,19?,20+/m1/s1. The van der Waals surface area contributed by atoms with E-state index in [1.165, 1.54) is 18.5 Å². The van der Waals surface area contributed by atoms with Gasteiger partial charge in [-0.25, -0.2) is 8.78 Å². The van der Waals surface area contributed by atoms with Crippen LogP contribution in [-0.2, 0) is 0 Å². The molecule has 30 heavy (non-hydrogen) atoms. The van der Waals surface area contributed by atoms with Gasteiger partial charge in [-0.3, -0.25) is 0 Å². The average Bonchev–Trinajstić information content (AvgIpc) is 3.12. The summed E-state index contributed by atoms with van der Waals surface area (Å²) in [4.78, 5) is 3.41. The Morgan fingerprint density at radius 2 is 1.47 bits per heavy atom. The number of benzene rings is 2. The highest BCUT2D eigenvalue weighted by molar-refractivity contribution is 5.81. The van der Waals surface area contributed by atoms with Crippen LogP contribution in [0, 0.1) is 18.6 Å². The lowest BCUT2D eigenvalue weighted by molar-refractivity contribution is 0.522. The van der Waals surface area contributed by atoms with Crippen LogP contribution in [0.15, 0.2) is 36.4 Å². The molecule has 1 heterocycles. The molecule has 0 aliphatic carbocycles. The Morgan fingerprint density at radius 3 is 2.13 bits per heavy atom. The molecule has 0 radical (unpaired) electrons. The van der Waals surface area contributed by atoms with Gasteiger partial charge in [0, 0.05) is 16.6 Å². The Hall–Kier alpha value is -2.16. The van der Waals surface area contributed by atoms with Gasteiger partial charge in [-0.2, -0.15) is 0 Å². The summed E-state index contributed by atoms with van der Waals surface area (Å²) in [6.45, 7) is 10.5. The van der Waals surface area contributed by atoms with Crippen molar-refractivity contribution in [3.63, 3.8) is 0 Å². The summed E-state index contributed by atoms with van der Waals surface area (Å²) in [5.74, 6) is 0.351. The van der Waals surface area contributed by atoms with E-state index in [0.29, 0.717) is 5.92 Å². The first-order chi connectivity index (χ1) is 14.3. The number of rotatable bonds is 9. The van der Waals surface area contributed by atoms with Crippen molar-refractivity contribution in [2.24, 2.45) is 0 Å². The van der Waals surface area contributed by atoms with Gasteiger partial charge in [-0.15, -0.1) is 0 Å².